The van der Waals surface area contributed by atoms with Gasteiger partial charge in [-0.25, -0.2) is 0 Å². The Bertz CT molecular complexity index is 424. The lowest BCUT2D eigenvalue weighted by Crippen LogP contribution is -2.07. The number of halogens is 4. The predicted molar refractivity (Wildman–Crippen MR) is 61.5 cm³/mol. The van der Waals surface area contributed by atoms with Crippen LogP contribution in [-0.4, -0.2) is 5.33 Å². The van der Waals surface area contributed by atoms with E-state index >= 15 is 0 Å². The van der Waals surface area contributed by atoms with Crippen LogP contribution in [0.4, 0.5) is 13.2 Å². The third-order valence-corrected chi connectivity index (χ3v) is 2.38. The fourth-order valence-corrected chi connectivity index (χ4v) is 1.47. The molecule has 0 bridgehead atoms. The quantitative estimate of drug-likeness (QED) is 0.538. The van der Waals surface area contributed by atoms with Crippen LogP contribution in [-0.2, 0) is 6.18 Å². The molecule has 0 atom stereocenters. The average Bonchev–Trinajstić information content (AvgIpc) is 2.16. The Morgan fingerprint density at radius 3 is 2.50 bits per heavy atom. The molecule has 0 nitrogen and oxygen atoms in total. The second-order valence-corrected chi connectivity index (χ2v) is 4.06. The molecule has 0 amide bonds. The molecule has 0 heterocycles. The minimum atomic E-state index is -4.29. The van der Waals surface area contributed by atoms with E-state index < -0.39 is 11.7 Å². The van der Waals surface area contributed by atoms with Gasteiger partial charge in [0.05, 0.1) is 5.56 Å². The maximum absolute atomic E-state index is 12.4. The molecule has 86 valence electrons. The molecule has 0 saturated carbocycles. The number of alkyl halides is 4. The van der Waals surface area contributed by atoms with Gasteiger partial charge in [0.15, 0.2) is 0 Å². The van der Waals surface area contributed by atoms with Crippen molar-refractivity contribution in [3.05, 3.63) is 34.9 Å². The molecule has 0 aromatic heterocycles. The summed E-state index contributed by atoms with van der Waals surface area (Å²) < 4.78 is 37.3. The Morgan fingerprint density at radius 2 is 2.00 bits per heavy atom. The lowest BCUT2D eigenvalue weighted by atomic mass is 10.0. The summed E-state index contributed by atoms with van der Waals surface area (Å²) in [7, 11) is 0. The highest BCUT2D eigenvalue weighted by Gasteiger charge is 2.31. The van der Waals surface area contributed by atoms with Crippen molar-refractivity contribution in [2.24, 2.45) is 0 Å². The molecule has 0 fully saturated rings. The summed E-state index contributed by atoms with van der Waals surface area (Å²) in [6.07, 6.45) is -3.61. The second kappa shape index (κ2) is 5.40. The van der Waals surface area contributed by atoms with Gasteiger partial charge in [-0.15, -0.1) is 0 Å². The van der Waals surface area contributed by atoms with Gasteiger partial charge >= 0.3 is 6.18 Å². The molecule has 0 radical (unpaired) electrons. The normalized spacial score (nSPS) is 10.8. The van der Waals surface area contributed by atoms with Gasteiger partial charge in [0, 0.05) is 17.3 Å². The number of rotatable bonds is 1. The largest absolute Gasteiger partial charge is 0.416 e. The van der Waals surface area contributed by atoms with Gasteiger partial charge in [0.2, 0.25) is 0 Å². The van der Waals surface area contributed by atoms with Crippen LogP contribution in [0.1, 0.15) is 23.1 Å². The van der Waals surface area contributed by atoms with E-state index in [1.165, 1.54) is 19.1 Å². The van der Waals surface area contributed by atoms with Gasteiger partial charge in [-0.05, 0) is 30.7 Å². The number of benzene rings is 1. The van der Waals surface area contributed by atoms with Crippen LogP contribution in [0.3, 0.4) is 0 Å². The number of hydrogen-bond donors (Lipinski definition) is 0. The fourth-order valence-electron chi connectivity index (χ4n) is 1.27. The van der Waals surface area contributed by atoms with E-state index in [9.17, 15) is 13.2 Å². The minimum Gasteiger partial charge on any atom is -0.166 e. The molecule has 0 saturated heterocycles. The topological polar surface area (TPSA) is 0 Å². The summed E-state index contributed by atoms with van der Waals surface area (Å²) in [4.78, 5) is 0. The van der Waals surface area contributed by atoms with Crippen LogP contribution >= 0.6 is 15.9 Å². The Hall–Kier alpha value is -0.950. The maximum atomic E-state index is 12.4. The first kappa shape index (κ1) is 13.1. The summed E-state index contributed by atoms with van der Waals surface area (Å²) in [5, 5.41) is 0.764. The Morgan fingerprint density at radius 1 is 1.31 bits per heavy atom. The fraction of sp³-hybridized carbons (Fsp3) is 0.333. The summed E-state index contributed by atoms with van der Waals surface area (Å²) in [6, 6.07) is 3.94. The van der Waals surface area contributed by atoms with Gasteiger partial charge in [0.25, 0.3) is 0 Å². The molecule has 0 aliphatic rings. The second-order valence-electron chi connectivity index (χ2n) is 3.27. The molecule has 0 spiro atoms. The van der Waals surface area contributed by atoms with Crippen molar-refractivity contribution in [2.45, 2.75) is 19.5 Å². The first-order valence-corrected chi connectivity index (χ1v) is 5.80. The monoisotopic (exact) mass is 290 g/mol. The third-order valence-electron chi connectivity index (χ3n) is 1.98. The maximum Gasteiger partial charge on any atom is 0.416 e. The van der Waals surface area contributed by atoms with Crippen LogP contribution in [0.15, 0.2) is 18.2 Å². The van der Waals surface area contributed by atoms with E-state index in [0.717, 1.165) is 11.4 Å². The van der Waals surface area contributed by atoms with Crippen molar-refractivity contribution in [3.8, 4) is 11.8 Å². The van der Waals surface area contributed by atoms with E-state index in [1.807, 2.05) is 0 Å². The molecular weight excluding hydrogens is 281 g/mol. The molecule has 16 heavy (non-hydrogen) atoms. The van der Waals surface area contributed by atoms with Crippen molar-refractivity contribution < 1.29 is 13.2 Å². The lowest BCUT2D eigenvalue weighted by molar-refractivity contribution is -0.138. The Labute approximate surface area is 101 Å². The van der Waals surface area contributed by atoms with Crippen molar-refractivity contribution in [3.63, 3.8) is 0 Å². The first-order valence-electron chi connectivity index (χ1n) is 4.68. The highest BCUT2D eigenvalue weighted by molar-refractivity contribution is 9.09. The van der Waals surface area contributed by atoms with E-state index in [1.54, 1.807) is 0 Å². The molecule has 0 unspecified atom stereocenters. The van der Waals surface area contributed by atoms with Gasteiger partial charge in [-0.2, -0.15) is 13.2 Å². The number of hydrogen-bond acceptors (Lipinski definition) is 0. The van der Waals surface area contributed by atoms with Gasteiger partial charge in [-0.1, -0.05) is 27.8 Å². The van der Waals surface area contributed by atoms with Gasteiger partial charge in [-0.3, -0.25) is 0 Å². The van der Waals surface area contributed by atoms with Crippen LogP contribution < -0.4 is 0 Å². The molecular formula is C12H10BrF3. The van der Waals surface area contributed by atoms with Gasteiger partial charge in [0.1, 0.15) is 0 Å². The van der Waals surface area contributed by atoms with Crippen LogP contribution in [0.25, 0.3) is 0 Å². The standard InChI is InChI=1S/C12H10BrF3/c1-9-8-10(4-2-3-7-13)5-6-11(9)12(14,15)16/h5-6,8H,3,7H2,1H3. The summed E-state index contributed by atoms with van der Waals surface area (Å²) >= 11 is 3.22. The molecule has 4 heteroatoms. The molecule has 1 aromatic carbocycles. The van der Waals surface area contributed by atoms with E-state index in [-0.39, 0.29) is 5.56 Å². The highest BCUT2D eigenvalue weighted by Crippen LogP contribution is 2.31. The zero-order valence-electron chi connectivity index (χ0n) is 8.66. The molecule has 0 aliphatic carbocycles. The first-order chi connectivity index (χ1) is 7.45. The molecule has 1 aromatic rings. The van der Waals surface area contributed by atoms with Crippen molar-refractivity contribution in [1.82, 2.24) is 0 Å². The van der Waals surface area contributed by atoms with Crippen LogP contribution in [0.2, 0.25) is 0 Å². The van der Waals surface area contributed by atoms with Gasteiger partial charge < -0.3 is 0 Å². The zero-order valence-corrected chi connectivity index (χ0v) is 10.2. The van der Waals surface area contributed by atoms with Crippen molar-refractivity contribution in [1.29, 1.82) is 0 Å². The van der Waals surface area contributed by atoms with Crippen LogP contribution in [0, 0.1) is 18.8 Å². The summed E-state index contributed by atoms with van der Waals surface area (Å²) in [5.41, 5.74) is 0.225. The Balaban J connectivity index is 2.97. The third kappa shape index (κ3) is 3.57. The predicted octanol–water partition coefficient (Wildman–Crippen LogP) is 4.15. The summed E-state index contributed by atoms with van der Waals surface area (Å²) in [5.74, 6) is 5.68. The van der Waals surface area contributed by atoms with Crippen molar-refractivity contribution in [2.75, 3.05) is 5.33 Å². The number of aryl methyl sites for hydroxylation is 1. The molecule has 0 aliphatic heterocycles. The smallest absolute Gasteiger partial charge is 0.166 e. The summed E-state index contributed by atoms with van der Waals surface area (Å²) in [6.45, 7) is 1.44. The van der Waals surface area contributed by atoms with E-state index in [4.69, 9.17) is 0 Å². The zero-order chi connectivity index (χ0) is 12.2. The average molecular weight is 291 g/mol. The Kier molecular flexibility index (Phi) is 4.43. The lowest BCUT2D eigenvalue weighted by Gasteiger charge is -2.09. The van der Waals surface area contributed by atoms with E-state index in [2.05, 4.69) is 27.8 Å². The SMILES string of the molecule is Cc1cc(C#CCCBr)ccc1C(F)(F)F. The van der Waals surface area contributed by atoms with Crippen LogP contribution in [0.5, 0.6) is 0 Å². The molecule has 0 N–H and O–H groups in total. The highest BCUT2D eigenvalue weighted by atomic mass is 79.9. The molecule has 1 rings (SSSR count). The van der Waals surface area contributed by atoms with E-state index in [0.29, 0.717) is 12.0 Å². The van der Waals surface area contributed by atoms with Crippen molar-refractivity contribution >= 4 is 15.9 Å². The minimum absolute atomic E-state index is 0.207.